The van der Waals surface area contributed by atoms with Crippen LogP contribution in [0.5, 0.6) is 17.2 Å². The minimum absolute atomic E-state index is 0.104. The van der Waals surface area contributed by atoms with E-state index in [-0.39, 0.29) is 11.7 Å². The largest absolute Gasteiger partial charge is 0.492 e. The summed E-state index contributed by atoms with van der Waals surface area (Å²) in [7, 11) is 0. The highest BCUT2D eigenvalue weighted by Crippen LogP contribution is 2.43. The highest BCUT2D eigenvalue weighted by Gasteiger charge is 2.35. The van der Waals surface area contributed by atoms with Crippen molar-refractivity contribution >= 4 is 11.9 Å². The quantitative estimate of drug-likeness (QED) is 0.796. The summed E-state index contributed by atoms with van der Waals surface area (Å²) in [4.78, 5) is 13.4. The highest BCUT2D eigenvalue weighted by molar-refractivity contribution is 6.07. The Hall–Kier alpha value is -2.75. The van der Waals surface area contributed by atoms with Crippen LogP contribution >= 0.6 is 0 Å². The molecule has 126 valence electrons. The Bertz CT molecular complexity index is 897. The fraction of sp³-hybridized carbons (Fsp3) is 0.286. The van der Waals surface area contributed by atoms with E-state index in [4.69, 9.17) is 14.2 Å². The monoisotopic (exact) mass is 334 g/mol. The molecule has 0 fully saturated rings. The Labute approximate surface area is 146 Å². The summed E-state index contributed by atoms with van der Waals surface area (Å²) in [6.07, 6.45) is 6.17. The van der Waals surface area contributed by atoms with Crippen LogP contribution in [0.1, 0.15) is 39.4 Å². The zero-order valence-corrected chi connectivity index (χ0v) is 13.8. The molecular formula is C21H18O4. The number of ketones is 1. The average molecular weight is 334 g/mol. The summed E-state index contributed by atoms with van der Waals surface area (Å²) in [5.74, 6) is 1.81. The van der Waals surface area contributed by atoms with Crippen molar-refractivity contribution in [2.45, 2.75) is 18.8 Å². The number of hydrogen-bond acceptors (Lipinski definition) is 4. The van der Waals surface area contributed by atoms with Gasteiger partial charge in [-0.2, -0.15) is 0 Å². The number of allylic oxidation sites excluding steroid dienone is 1. The Kier molecular flexibility index (Phi) is 3.30. The molecule has 0 bridgehead atoms. The molecule has 5 rings (SSSR count). The molecule has 0 radical (unpaired) electrons. The first-order chi connectivity index (χ1) is 12.3. The maximum absolute atomic E-state index is 13.4. The summed E-state index contributed by atoms with van der Waals surface area (Å²) in [6, 6.07) is 9.74. The summed E-state index contributed by atoms with van der Waals surface area (Å²) >= 11 is 0. The van der Waals surface area contributed by atoms with Gasteiger partial charge in [-0.3, -0.25) is 4.79 Å². The van der Waals surface area contributed by atoms with Gasteiger partial charge in [0.1, 0.15) is 25.6 Å². The topological polar surface area (TPSA) is 44.8 Å². The second kappa shape index (κ2) is 5.66. The van der Waals surface area contributed by atoms with E-state index in [9.17, 15) is 4.79 Å². The molecule has 0 saturated heterocycles. The molecule has 0 N–H and O–H groups in total. The van der Waals surface area contributed by atoms with Crippen LogP contribution in [-0.2, 0) is 6.42 Å². The van der Waals surface area contributed by atoms with E-state index >= 15 is 0 Å². The van der Waals surface area contributed by atoms with E-state index in [0.29, 0.717) is 42.6 Å². The number of rotatable bonds is 1. The normalized spacial score (nSPS) is 20.5. The summed E-state index contributed by atoms with van der Waals surface area (Å²) in [5.41, 5.74) is 3.79. The Morgan fingerprint density at radius 2 is 1.88 bits per heavy atom. The fourth-order valence-corrected chi connectivity index (χ4v) is 3.89. The van der Waals surface area contributed by atoms with Gasteiger partial charge in [-0.1, -0.05) is 30.4 Å². The van der Waals surface area contributed by atoms with Crippen LogP contribution in [0.25, 0.3) is 6.08 Å². The molecule has 2 aliphatic heterocycles. The van der Waals surface area contributed by atoms with Crippen molar-refractivity contribution in [1.29, 1.82) is 0 Å². The summed E-state index contributed by atoms with van der Waals surface area (Å²) < 4.78 is 17.4. The number of hydrogen-bond donors (Lipinski definition) is 0. The number of carbonyl (C=O) groups excluding carboxylic acids is 1. The van der Waals surface area contributed by atoms with E-state index in [1.807, 2.05) is 24.3 Å². The van der Waals surface area contributed by atoms with Crippen LogP contribution in [0.15, 0.2) is 36.4 Å². The molecule has 0 aromatic heterocycles. The van der Waals surface area contributed by atoms with Crippen molar-refractivity contribution in [3.63, 3.8) is 0 Å². The molecule has 0 saturated carbocycles. The van der Waals surface area contributed by atoms with E-state index in [1.54, 1.807) is 0 Å². The number of Topliss-reactive ketones (excluding diaryl/α,β-unsaturated/α-hetero) is 1. The Balaban J connectivity index is 1.62. The van der Waals surface area contributed by atoms with Crippen LogP contribution in [0, 0.1) is 0 Å². The molecule has 0 amide bonds. The van der Waals surface area contributed by atoms with Crippen LogP contribution in [-0.4, -0.2) is 25.6 Å². The number of carbonyl (C=O) groups is 1. The van der Waals surface area contributed by atoms with Crippen LogP contribution < -0.4 is 14.2 Å². The van der Waals surface area contributed by atoms with Gasteiger partial charge < -0.3 is 14.2 Å². The van der Waals surface area contributed by atoms with Gasteiger partial charge in [0.2, 0.25) is 0 Å². The third kappa shape index (κ3) is 2.24. The number of para-hydroxylation sites is 1. The first kappa shape index (κ1) is 14.6. The number of ether oxygens (including phenoxy) is 3. The van der Waals surface area contributed by atoms with Crippen LogP contribution in [0.2, 0.25) is 0 Å². The molecule has 1 unspecified atom stereocenters. The van der Waals surface area contributed by atoms with Gasteiger partial charge in [-0.25, -0.2) is 0 Å². The molecule has 4 heteroatoms. The van der Waals surface area contributed by atoms with Gasteiger partial charge in [-0.15, -0.1) is 0 Å². The number of fused-ring (bicyclic) bond motifs is 4. The molecule has 3 aliphatic rings. The lowest BCUT2D eigenvalue weighted by Crippen LogP contribution is -2.28. The van der Waals surface area contributed by atoms with Crippen molar-refractivity contribution in [3.05, 3.63) is 58.7 Å². The Morgan fingerprint density at radius 1 is 0.960 bits per heavy atom. The standard InChI is InChI=1S/C21H18O4/c22-20-16(15-6-3-7-18-21(15)24-11-10-23-18)12-25-17-9-8-13-4-1-2-5-14(13)19(17)20/h2-3,5-9,16H,1,4,10-12H2. The van der Waals surface area contributed by atoms with Gasteiger partial charge in [0.15, 0.2) is 17.3 Å². The number of aryl methyl sites for hydroxylation is 1. The molecule has 0 spiro atoms. The second-order valence-electron chi connectivity index (χ2n) is 6.55. The van der Waals surface area contributed by atoms with Crippen molar-refractivity contribution in [2.75, 3.05) is 19.8 Å². The van der Waals surface area contributed by atoms with Gasteiger partial charge in [0.25, 0.3) is 0 Å². The third-order valence-corrected chi connectivity index (χ3v) is 5.10. The lowest BCUT2D eigenvalue weighted by Gasteiger charge is -2.29. The summed E-state index contributed by atoms with van der Waals surface area (Å²) in [5, 5.41) is 0. The molecule has 1 aliphatic carbocycles. The van der Waals surface area contributed by atoms with Gasteiger partial charge in [-0.05, 0) is 36.1 Å². The predicted octanol–water partition coefficient (Wildman–Crippen LogP) is 3.78. The minimum Gasteiger partial charge on any atom is -0.492 e. The van der Waals surface area contributed by atoms with Crippen molar-refractivity contribution in [1.82, 2.24) is 0 Å². The Morgan fingerprint density at radius 3 is 2.84 bits per heavy atom. The van der Waals surface area contributed by atoms with E-state index < -0.39 is 0 Å². The van der Waals surface area contributed by atoms with Crippen LogP contribution in [0.4, 0.5) is 0 Å². The SMILES string of the molecule is O=C1c2c(ccc3c2C=CCC3)OCC1c1cccc2c1OCCO2. The molecule has 2 aromatic carbocycles. The lowest BCUT2D eigenvalue weighted by atomic mass is 9.83. The van der Waals surface area contributed by atoms with Gasteiger partial charge in [0, 0.05) is 5.56 Å². The maximum atomic E-state index is 13.4. The number of benzene rings is 2. The van der Waals surface area contributed by atoms with Crippen molar-refractivity contribution < 1.29 is 19.0 Å². The zero-order chi connectivity index (χ0) is 16.8. The van der Waals surface area contributed by atoms with E-state index in [0.717, 1.165) is 24.0 Å². The first-order valence-electron chi connectivity index (χ1n) is 8.71. The molecule has 25 heavy (non-hydrogen) atoms. The smallest absolute Gasteiger partial charge is 0.178 e. The van der Waals surface area contributed by atoms with Gasteiger partial charge >= 0.3 is 0 Å². The molecule has 2 heterocycles. The molecule has 4 nitrogen and oxygen atoms in total. The molecular weight excluding hydrogens is 316 g/mol. The van der Waals surface area contributed by atoms with E-state index in [1.165, 1.54) is 5.56 Å². The second-order valence-corrected chi connectivity index (χ2v) is 6.55. The minimum atomic E-state index is -0.369. The third-order valence-electron chi connectivity index (χ3n) is 5.10. The summed E-state index contributed by atoms with van der Waals surface area (Å²) in [6.45, 7) is 1.36. The zero-order valence-electron chi connectivity index (χ0n) is 13.8. The predicted molar refractivity (Wildman–Crippen MR) is 93.8 cm³/mol. The fourth-order valence-electron chi connectivity index (χ4n) is 3.89. The van der Waals surface area contributed by atoms with Crippen molar-refractivity contribution in [2.24, 2.45) is 0 Å². The van der Waals surface area contributed by atoms with Crippen LogP contribution in [0.3, 0.4) is 0 Å². The highest BCUT2D eigenvalue weighted by atomic mass is 16.6. The molecule has 2 aromatic rings. The lowest BCUT2D eigenvalue weighted by molar-refractivity contribution is 0.0889. The molecule has 1 atom stereocenters. The maximum Gasteiger partial charge on any atom is 0.178 e. The van der Waals surface area contributed by atoms with E-state index in [2.05, 4.69) is 18.2 Å². The van der Waals surface area contributed by atoms with Crippen molar-refractivity contribution in [3.8, 4) is 17.2 Å². The van der Waals surface area contributed by atoms with Gasteiger partial charge in [0.05, 0.1) is 11.5 Å². The average Bonchev–Trinajstić information content (AvgIpc) is 2.68. The first-order valence-corrected chi connectivity index (χ1v) is 8.71.